The molecule has 1 atom stereocenters. The first-order chi connectivity index (χ1) is 9.70. The van der Waals surface area contributed by atoms with Crippen LogP contribution >= 0.6 is 11.3 Å². The maximum Gasteiger partial charge on any atom is 0.241 e. The van der Waals surface area contributed by atoms with Crippen LogP contribution in [0, 0.1) is 20.8 Å². The summed E-state index contributed by atoms with van der Waals surface area (Å²) in [5, 5.41) is 0. The second-order valence-corrected chi connectivity index (χ2v) is 8.40. The first-order valence-corrected chi connectivity index (χ1v) is 8.96. The molecule has 1 heterocycles. The average molecular weight is 324 g/mol. The molecular formula is C15H20N2O2S2. The summed E-state index contributed by atoms with van der Waals surface area (Å²) in [5.74, 6) is 0. The van der Waals surface area contributed by atoms with Gasteiger partial charge in [0.15, 0.2) is 0 Å². The van der Waals surface area contributed by atoms with Crippen molar-refractivity contribution in [3.8, 4) is 0 Å². The molecule has 0 fully saturated rings. The molecule has 21 heavy (non-hydrogen) atoms. The molecule has 0 aliphatic heterocycles. The van der Waals surface area contributed by atoms with E-state index in [4.69, 9.17) is 5.73 Å². The van der Waals surface area contributed by atoms with E-state index in [2.05, 4.69) is 4.72 Å². The van der Waals surface area contributed by atoms with Gasteiger partial charge in [0.2, 0.25) is 10.0 Å². The van der Waals surface area contributed by atoms with Gasteiger partial charge in [0.05, 0.1) is 4.90 Å². The van der Waals surface area contributed by atoms with Crippen molar-refractivity contribution in [1.29, 1.82) is 0 Å². The third-order valence-corrected chi connectivity index (χ3v) is 5.95. The molecule has 0 saturated carbocycles. The number of aryl methyl sites for hydroxylation is 3. The topological polar surface area (TPSA) is 72.2 Å². The van der Waals surface area contributed by atoms with E-state index in [1.165, 1.54) is 10.9 Å². The van der Waals surface area contributed by atoms with Crippen molar-refractivity contribution in [3.63, 3.8) is 0 Å². The summed E-state index contributed by atoms with van der Waals surface area (Å²) in [6.45, 7) is 7.68. The van der Waals surface area contributed by atoms with Gasteiger partial charge in [-0.05, 0) is 63.1 Å². The van der Waals surface area contributed by atoms with Crippen molar-refractivity contribution in [3.05, 3.63) is 45.1 Å². The Kier molecular flexibility index (Phi) is 4.41. The normalized spacial score (nSPS) is 13.3. The number of rotatable bonds is 4. The Morgan fingerprint density at radius 1 is 1.19 bits per heavy atom. The van der Waals surface area contributed by atoms with Crippen molar-refractivity contribution >= 4 is 27.0 Å². The van der Waals surface area contributed by atoms with Crippen LogP contribution in [0.3, 0.4) is 0 Å². The van der Waals surface area contributed by atoms with Crippen LogP contribution in [0.5, 0.6) is 0 Å². The fourth-order valence-electron chi connectivity index (χ4n) is 2.26. The molecule has 0 aliphatic carbocycles. The van der Waals surface area contributed by atoms with Gasteiger partial charge >= 0.3 is 0 Å². The molecule has 114 valence electrons. The van der Waals surface area contributed by atoms with Gasteiger partial charge in [-0.15, -0.1) is 11.3 Å². The molecule has 1 aromatic heterocycles. The SMILES string of the molecule is Cc1cc(C(C)NS(=O)(=O)c2ccc(N)c(C)c2)c(C)s1. The summed E-state index contributed by atoms with van der Waals surface area (Å²) in [4.78, 5) is 2.55. The lowest BCUT2D eigenvalue weighted by molar-refractivity contribution is 0.567. The van der Waals surface area contributed by atoms with Gasteiger partial charge in [-0.2, -0.15) is 0 Å². The summed E-state index contributed by atoms with van der Waals surface area (Å²) in [5.41, 5.74) is 8.10. The molecule has 1 unspecified atom stereocenters. The van der Waals surface area contributed by atoms with Crippen molar-refractivity contribution in [2.75, 3.05) is 5.73 Å². The van der Waals surface area contributed by atoms with E-state index in [1.54, 1.807) is 30.4 Å². The summed E-state index contributed by atoms with van der Waals surface area (Å²) < 4.78 is 27.6. The lowest BCUT2D eigenvalue weighted by Crippen LogP contribution is -2.27. The fourth-order valence-corrected chi connectivity index (χ4v) is 4.59. The lowest BCUT2D eigenvalue weighted by atomic mass is 10.1. The zero-order valence-electron chi connectivity index (χ0n) is 12.6. The number of sulfonamides is 1. The minimum atomic E-state index is -3.56. The second kappa shape index (κ2) is 5.79. The molecule has 2 rings (SSSR count). The molecule has 0 spiro atoms. The van der Waals surface area contributed by atoms with Crippen LogP contribution in [0.4, 0.5) is 5.69 Å². The maximum atomic E-state index is 12.4. The highest BCUT2D eigenvalue weighted by molar-refractivity contribution is 7.89. The number of nitrogens with one attached hydrogen (secondary N) is 1. The first kappa shape index (κ1) is 16.0. The standard InChI is InChI=1S/C15H20N2O2S2/c1-9-7-13(5-6-15(9)16)21(18,19)17-11(3)14-8-10(2)20-12(14)4/h5-8,11,17H,16H2,1-4H3. The Morgan fingerprint density at radius 2 is 1.86 bits per heavy atom. The molecule has 3 N–H and O–H groups in total. The summed E-state index contributed by atoms with van der Waals surface area (Å²) in [7, 11) is -3.56. The van der Waals surface area contributed by atoms with Crippen LogP contribution in [-0.4, -0.2) is 8.42 Å². The highest BCUT2D eigenvalue weighted by atomic mass is 32.2. The maximum absolute atomic E-state index is 12.4. The number of hydrogen-bond acceptors (Lipinski definition) is 4. The monoisotopic (exact) mass is 324 g/mol. The van der Waals surface area contributed by atoms with Gasteiger partial charge in [-0.1, -0.05) is 0 Å². The van der Waals surface area contributed by atoms with Gasteiger partial charge in [-0.25, -0.2) is 13.1 Å². The molecule has 0 saturated heterocycles. The van der Waals surface area contributed by atoms with E-state index in [0.29, 0.717) is 5.69 Å². The number of nitrogens with two attached hydrogens (primary N) is 1. The predicted molar refractivity (Wildman–Crippen MR) is 88.1 cm³/mol. The van der Waals surface area contributed by atoms with E-state index in [9.17, 15) is 8.42 Å². The van der Waals surface area contributed by atoms with E-state index in [1.807, 2.05) is 26.8 Å². The van der Waals surface area contributed by atoms with Crippen LogP contribution < -0.4 is 10.5 Å². The number of anilines is 1. The van der Waals surface area contributed by atoms with Crippen LogP contribution in [-0.2, 0) is 10.0 Å². The summed E-state index contributed by atoms with van der Waals surface area (Å²) in [6.07, 6.45) is 0. The molecule has 0 amide bonds. The molecule has 0 bridgehead atoms. The molecule has 0 radical (unpaired) electrons. The molecule has 6 heteroatoms. The third-order valence-electron chi connectivity index (χ3n) is 3.43. The Bertz CT molecular complexity index is 764. The highest BCUT2D eigenvalue weighted by Gasteiger charge is 2.20. The first-order valence-electron chi connectivity index (χ1n) is 6.66. The predicted octanol–water partition coefficient (Wildman–Crippen LogP) is 3.30. The van der Waals surface area contributed by atoms with Gasteiger partial charge < -0.3 is 5.73 Å². The Hall–Kier alpha value is -1.37. The van der Waals surface area contributed by atoms with Crippen molar-refractivity contribution in [2.24, 2.45) is 0 Å². The summed E-state index contributed by atoms with van der Waals surface area (Å²) >= 11 is 1.67. The quantitative estimate of drug-likeness (QED) is 0.848. The zero-order chi connectivity index (χ0) is 15.8. The molecular weight excluding hydrogens is 304 g/mol. The van der Waals surface area contributed by atoms with Crippen molar-refractivity contribution in [1.82, 2.24) is 4.72 Å². The lowest BCUT2D eigenvalue weighted by Gasteiger charge is -2.15. The molecule has 4 nitrogen and oxygen atoms in total. The van der Waals surface area contributed by atoms with Crippen molar-refractivity contribution < 1.29 is 8.42 Å². The molecule has 0 aliphatic rings. The highest BCUT2D eigenvalue weighted by Crippen LogP contribution is 2.27. The Morgan fingerprint density at radius 3 is 2.38 bits per heavy atom. The smallest absolute Gasteiger partial charge is 0.241 e. The van der Waals surface area contributed by atoms with Gasteiger partial charge in [0.1, 0.15) is 0 Å². The minimum Gasteiger partial charge on any atom is -0.399 e. The van der Waals surface area contributed by atoms with Crippen LogP contribution in [0.25, 0.3) is 0 Å². The van der Waals surface area contributed by atoms with Gasteiger partial charge in [0, 0.05) is 21.5 Å². The van der Waals surface area contributed by atoms with Crippen LogP contribution in [0.2, 0.25) is 0 Å². The Labute approximate surface area is 130 Å². The third kappa shape index (κ3) is 3.45. The summed E-state index contributed by atoms with van der Waals surface area (Å²) in [6, 6.07) is 6.51. The van der Waals surface area contributed by atoms with Crippen molar-refractivity contribution in [2.45, 2.75) is 38.6 Å². The number of nitrogen functional groups attached to an aromatic ring is 1. The largest absolute Gasteiger partial charge is 0.399 e. The number of benzene rings is 1. The van der Waals surface area contributed by atoms with Crippen LogP contribution in [0.15, 0.2) is 29.2 Å². The molecule has 2 aromatic rings. The number of hydrogen-bond donors (Lipinski definition) is 2. The zero-order valence-corrected chi connectivity index (χ0v) is 14.2. The minimum absolute atomic E-state index is 0.241. The molecule has 1 aromatic carbocycles. The fraction of sp³-hybridized carbons (Fsp3) is 0.333. The van der Waals surface area contributed by atoms with E-state index in [-0.39, 0.29) is 10.9 Å². The second-order valence-electron chi connectivity index (χ2n) is 5.23. The van der Waals surface area contributed by atoms with E-state index < -0.39 is 10.0 Å². The van der Waals surface area contributed by atoms with E-state index in [0.717, 1.165) is 16.0 Å². The Balaban J connectivity index is 2.28. The van der Waals surface area contributed by atoms with Gasteiger partial charge in [-0.3, -0.25) is 0 Å². The van der Waals surface area contributed by atoms with Gasteiger partial charge in [0.25, 0.3) is 0 Å². The van der Waals surface area contributed by atoms with E-state index >= 15 is 0 Å². The number of thiophene rings is 1. The van der Waals surface area contributed by atoms with Crippen LogP contribution in [0.1, 0.15) is 33.8 Å². The average Bonchev–Trinajstić information content (AvgIpc) is 2.71.